The molecule has 27 heavy (non-hydrogen) atoms. The predicted molar refractivity (Wildman–Crippen MR) is 104 cm³/mol. The first-order chi connectivity index (χ1) is 13.0. The van der Waals surface area contributed by atoms with Gasteiger partial charge in [0.25, 0.3) is 0 Å². The van der Waals surface area contributed by atoms with Crippen LogP contribution in [0.15, 0.2) is 48.5 Å². The maximum atomic E-state index is 11.5. The van der Waals surface area contributed by atoms with Crippen molar-refractivity contribution in [3.8, 4) is 5.75 Å². The zero-order valence-corrected chi connectivity index (χ0v) is 15.2. The van der Waals surface area contributed by atoms with Gasteiger partial charge < -0.3 is 15.4 Å². The zero-order valence-electron chi connectivity index (χ0n) is 15.2. The van der Waals surface area contributed by atoms with E-state index in [1.807, 2.05) is 31.2 Å². The van der Waals surface area contributed by atoms with E-state index in [-0.39, 0.29) is 23.1 Å². The molecule has 0 bridgehead atoms. The van der Waals surface area contributed by atoms with Gasteiger partial charge in [-0.2, -0.15) is 4.98 Å². The van der Waals surface area contributed by atoms with Gasteiger partial charge in [0, 0.05) is 11.4 Å². The summed E-state index contributed by atoms with van der Waals surface area (Å²) in [5, 5.41) is 17.6. The molecule has 0 aliphatic carbocycles. The van der Waals surface area contributed by atoms with E-state index in [1.54, 1.807) is 38.3 Å². The number of hydrogen-bond acceptors (Lipinski definition) is 7. The average Bonchev–Trinajstić information content (AvgIpc) is 2.61. The molecule has 3 aromatic rings. The van der Waals surface area contributed by atoms with Crippen LogP contribution >= 0.6 is 0 Å². The molecule has 2 N–H and O–H groups in total. The zero-order chi connectivity index (χ0) is 19.4. The molecule has 138 valence electrons. The van der Waals surface area contributed by atoms with Crippen LogP contribution in [0.5, 0.6) is 5.75 Å². The fourth-order valence-electron chi connectivity index (χ4n) is 2.59. The molecule has 0 fully saturated rings. The van der Waals surface area contributed by atoms with Crippen LogP contribution in [0.3, 0.4) is 0 Å². The molecule has 3 rings (SSSR count). The van der Waals surface area contributed by atoms with Crippen molar-refractivity contribution in [3.63, 3.8) is 0 Å². The number of methoxy groups -OCH3 is 1. The fourth-order valence-corrected chi connectivity index (χ4v) is 2.59. The van der Waals surface area contributed by atoms with Crippen molar-refractivity contribution >= 4 is 28.8 Å². The van der Waals surface area contributed by atoms with Gasteiger partial charge >= 0.3 is 5.69 Å². The van der Waals surface area contributed by atoms with Gasteiger partial charge in [-0.1, -0.05) is 12.1 Å². The number of ether oxygens (including phenoxy) is 1. The Kier molecular flexibility index (Phi) is 5.16. The van der Waals surface area contributed by atoms with Crippen LogP contribution < -0.4 is 15.4 Å². The Bertz CT molecular complexity index is 974. The lowest BCUT2D eigenvalue weighted by Gasteiger charge is -2.11. The minimum absolute atomic E-state index is 0.118. The highest BCUT2D eigenvalue weighted by atomic mass is 16.6. The smallest absolute Gasteiger partial charge is 0.332 e. The third kappa shape index (κ3) is 4.30. The molecule has 2 aromatic carbocycles. The summed E-state index contributed by atoms with van der Waals surface area (Å²) in [5.74, 6) is 1.09. The van der Waals surface area contributed by atoms with Gasteiger partial charge in [-0.05, 0) is 55.8 Å². The van der Waals surface area contributed by atoms with Crippen molar-refractivity contribution in [2.45, 2.75) is 13.8 Å². The lowest BCUT2D eigenvalue weighted by atomic mass is 10.2. The molecule has 8 nitrogen and oxygen atoms in total. The Hall–Kier alpha value is -3.68. The summed E-state index contributed by atoms with van der Waals surface area (Å²) in [4.78, 5) is 19.5. The number of hydrogen-bond donors (Lipinski definition) is 2. The molecule has 0 unspecified atom stereocenters. The van der Waals surface area contributed by atoms with E-state index >= 15 is 0 Å². The van der Waals surface area contributed by atoms with Gasteiger partial charge in [-0.25, -0.2) is 4.98 Å². The quantitative estimate of drug-likeness (QED) is 0.490. The number of nitrogens with zero attached hydrogens (tertiary/aromatic N) is 3. The molecule has 1 heterocycles. The number of anilines is 4. The highest BCUT2D eigenvalue weighted by Gasteiger charge is 2.22. The molecule has 0 spiro atoms. The van der Waals surface area contributed by atoms with Crippen LogP contribution in [-0.4, -0.2) is 22.0 Å². The van der Waals surface area contributed by atoms with Crippen LogP contribution in [0.2, 0.25) is 0 Å². The molecule has 0 amide bonds. The highest BCUT2D eigenvalue weighted by molar-refractivity contribution is 5.69. The summed E-state index contributed by atoms with van der Waals surface area (Å²) in [6, 6.07) is 14.7. The van der Waals surface area contributed by atoms with E-state index in [9.17, 15) is 10.1 Å². The normalized spacial score (nSPS) is 10.3. The standard InChI is InChI=1S/C19H19N5O3/c1-12-5-4-6-15(11-12)22-19-20-13(2)17(24(25)26)18(23-19)21-14-7-9-16(27-3)10-8-14/h4-11H,1-3H3,(H2,20,21,22,23). The third-order valence-electron chi connectivity index (χ3n) is 3.87. The third-order valence-corrected chi connectivity index (χ3v) is 3.87. The Balaban J connectivity index is 1.96. The van der Waals surface area contributed by atoms with E-state index in [0.29, 0.717) is 11.4 Å². The molecular weight excluding hydrogens is 346 g/mol. The average molecular weight is 365 g/mol. The Labute approximate surface area is 156 Å². The molecule has 8 heteroatoms. The van der Waals surface area contributed by atoms with Crippen LogP contribution in [0.4, 0.5) is 28.8 Å². The number of benzene rings is 2. The molecular formula is C19H19N5O3. The first-order valence-electron chi connectivity index (χ1n) is 8.24. The van der Waals surface area contributed by atoms with Crippen molar-refractivity contribution in [2.24, 2.45) is 0 Å². The fraction of sp³-hybridized carbons (Fsp3) is 0.158. The van der Waals surface area contributed by atoms with Gasteiger partial charge in [0.1, 0.15) is 11.4 Å². The van der Waals surface area contributed by atoms with Crippen LogP contribution in [0.1, 0.15) is 11.3 Å². The second-order valence-electron chi connectivity index (χ2n) is 5.93. The summed E-state index contributed by atoms with van der Waals surface area (Å²) in [5.41, 5.74) is 2.63. The van der Waals surface area contributed by atoms with Crippen LogP contribution in [0.25, 0.3) is 0 Å². The summed E-state index contributed by atoms with van der Waals surface area (Å²) < 4.78 is 5.12. The maximum Gasteiger partial charge on any atom is 0.332 e. The van der Waals surface area contributed by atoms with E-state index < -0.39 is 4.92 Å². The first kappa shape index (κ1) is 18.1. The lowest BCUT2D eigenvalue weighted by molar-refractivity contribution is -0.385. The monoisotopic (exact) mass is 365 g/mol. The van der Waals surface area contributed by atoms with Crippen molar-refractivity contribution in [3.05, 3.63) is 69.9 Å². The van der Waals surface area contributed by atoms with Crippen molar-refractivity contribution in [1.29, 1.82) is 0 Å². The Morgan fingerprint density at radius 2 is 1.74 bits per heavy atom. The van der Waals surface area contributed by atoms with Gasteiger partial charge in [0.2, 0.25) is 11.8 Å². The minimum atomic E-state index is -0.488. The van der Waals surface area contributed by atoms with Crippen molar-refractivity contribution in [2.75, 3.05) is 17.7 Å². The van der Waals surface area contributed by atoms with Crippen LogP contribution in [-0.2, 0) is 0 Å². The Morgan fingerprint density at radius 3 is 2.37 bits per heavy atom. The maximum absolute atomic E-state index is 11.5. The second-order valence-corrected chi connectivity index (χ2v) is 5.93. The Morgan fingerprint density at radius 1 is 1.00 bits per heavy atom. The molecule has 0 saturated carbocycles. The van der Waals surface area contributed by atoms with Gasteiger partial charge in [-0.15, -0.1) is 0 Å². The summed E-state index contributed by atoms with van der Waals surface area (Å²) >= 11 is 0. The number of aryl methyl sites for hydroxylation is 2. The topological polar surface area (TPSA) is 102 Å². The largest absolute Gasteiger partial charge is 0.497 e. The van der Waals surface area contributed by atoms with E-state index in [4.69, 9.17) is 4.74 Å². The predicted octanol–water partition coefficient (Wildman–Crippen LogP) is 4.50. The van der Waals surface area contributed by atoms with Crippen molar-refractivity contribution < 1.29 is 9.66 Å². The molecule has 0 radical (unpaired) electrons. The molecule has 0 aliphatic rings. The van der Waals surface area contributed by atoms with Gasteiger partial charge in [0.15, 0.2) is 0 Å². The van der Waals surface area contributed by atoms with E-state index in [2.05, 4.69) is 20.6 Å². The van der Waals surface area contributed by atoms with Crippen molar-refractivity contribution in [1.82, 2.24) is 9.97 Å². The summed E-state index contributed by atoms with van der Waals surface area (Å²) in [7, 11) is 1.57. The van der Waals surface area contributed by atoms with E-state index in [1.165, 1.54) is 0 Å². The second kappa shape index (κ2) is 7.69. The molecule has 0 aliphatic heterocycles. The number of nitrogens with one attached hydrogen (secondary N) is 2. The minimum Gasteiger partial charge on any atom is -0.497 e. The van der Waals surface area contributed by atoms with Gasteiger partial charge in [0.05, 0.1) is 12.0 Å². The molecule has 1 aromatic heterocycles. The SMILES string of the molecule is COc1ccc(Nc2nc(Nc3cccc(C)c3)nc(C)c2[N+](=O)[O-])cc1. The summed E-state index contributed by atoms with van der Waals surface area (Å²) in [6.07, 6.45) is 0. The molecule has 0 saturated heterocycles. The number of rotatable bonds is 6. The number of aromatic nitrogens is 2. The highest BCUT2D eigenvalue weighted by Crippen LogP contribution is 2.30. The number of nitro groups is 1. The lowest BCUT2D eigenvalue weighted by Crippen LogP contribution is -2.07. The summed E-state index contributed by atoms with van der Waals surface area (Å²) in [6.45, 7) is 3.56. The van der Waals surface area contributed by atoms with Gasteiger partial charge in [-0.3, -0.25) is 10.1 Å². The van der Waals surface area contributed by atoms with E-state index in [0.717, 1.165) is 11.3 Å². The van der Waals surface area contributed by atoms with Crippen LogP contribution in [0, 0.1) is 24.0 Å². The first-order valence-corrected chi connectivity index (χ1v) is 8.24. The molecule has 0 atom stereocenters.